The Bertz CT molecular complexity index is 1570. The summed E-state index contributed by atoms with van der Waals surface area (Å²) in [7, 11) is 0. The van der Waals surface area contributed by atoms with E-state index in [1.807, 2.05) is 78.9 Å². The molecule has 0 atom stereocenters. The van der Waals surface area contributed by atoms with E-state index >= 15 is 0 Å². The van der Waals surface area contributed by atoms with Crippen molar-refractivity contribution in [2.75, 3.05) is 5.32 Å². The van der Waals surface area contributed by atoms with Crippen LogP contribution in [0.25, 0.3) is 33.5 Å². The summed E-state index contributed by atoms with van der Waals surface area (Å²) in [4.78, 5) is 9.90. The lowest BCUT2D eigenvalue weighted by atomic mass is 9.90. The number of rotatable bonds is 10. The maximum absolute atomic E-state index is 6.44. The Kier molecular flexibility index (Phi) is 6.75. The molecule has 0 bridgehead atoms. The zero-order valence-corrected chi connectivity index (χ0v) is 22.1. The topological polar surface area (TPSA) is 103 Å². The summed E-state index contributed by atoms with van der Waals surface area (Å²) in [6, 6.07) is 25.6. The van der Waals surface area contributed by atoms with Crippen LogP contribution in [0.3, 0.4) is 0 Å². The summed E-state index contributed by atoms with van der Waals surface area (Å²) < 4.78 is 12.9. The lowest BCUT2D eigenvalue weighted by Crippen LogP contribution is -2.38. The SMILES string of the molecule is CCCCCC(Nc1nnnc(-c2ccccc2)c1CC)(c1nc2ccccc2o1)c1nc2ccccc2o1. The number of hydrogen-bond acceptors (Lipinski definition) is 8. The number of anilines is 1. The standard InChI is InChI=1S/C31H30N6O2/c1-3-5-13-20-31(29-32-23-16-9-11-18-25(23)38-29,30-33-24-17-10-12-19-26(24)39-30)34-28-22(4-2)27(35-37-36-28)21-14-7-6-8-15-21/h6-12,14-19H,3-5,13,20H2,1-2H3,(H,34,35,36). The average Bonchev–Trinajstić information content (AvgIpc) is 3.62. The molecule has 6 aromatic rings. The van der Waals surface area contributed by atoms with Gasteiger partial charge in [-0.3, -0.25) is 0 Å². The van der Waals surface area contributed by atoms with Gasteiger partial charge in [0.05, 0.1) is 0 Å². The number of benzene rings is 3. The molecule has 1 N–H and O–H groups in total. The van der Waals surface area contributed by atoms with Crippen LogP contribution in [0, 0.1) is 0 Å². The Hall–Kier alpha value is -4.59. The van der Waals surface area contributed by atoms with E-state index in [2.05, 4.69) is 34.6 Å². The second kappa shape index (κ2) is 10.6. The van der Waals surface area contributed by atoms with E-state index in [1.165, 1.54) is 0 Å². The van der Waals surface area contributed by atoms with Crippen molar-refractivity contribution in [3.05, 3.63) is 96.2 Å². The van der Waals surface area contributed by atoms with Gasteiger partial charge in [0.15, 0.2) is 22.5 Å². The lowest BCUT2D eigenvalue weighted by Gasteiger charge is -2.30. The Balaban J connectivity index is 1.57. The van der Waals surface area contributed by atoms with Gasteiger partial charge < -0.3 is 14.2 Å². The molecule has 0 radical (unpaired) electrons. The molecule has 0 aliphatic heterocycles. The maximum Gasteiger partial charge on any atom is 0.230 e. The van der Waals surface area contributed by atoms with E-state index in [9.17, 15) is 0 Å². The molecule has 0 saturated carbocycles. The molecule has 6 rings (SSSR count). The molecule has 0 spiro atoms. The summed E-state index contributed by atoms with van der Waals surface area (Å²) in [6.07, 6.45) is 4.31. The van der Waals surface area contributed by atoms with Crippen molar-refractivity contribution in [3.8, 4) is 11.3 Å². The molecular weight excluding hydrogens is 488 g/mol. The minimum Gasteiger partial charge on any atom is -0.438 e. The van der Waals surface area contributed by atoms with Crippen LogP contribution >= 0.6 is 0 Å². The van der Waals surface area contributed by atoms with Gasteiger partial charge in [-0.1, -0.05) is 87.7 Å². The summed E-state index contributed by atoms with van der Waals surface area (Å²) >= 11 is 0. The Morgan fingerprint density at radius 2 is 1.33 bits per heavy atom. The first-order chi connectivity index (χ1) is 19.2. The van der Waals surface area contributed by atoms with Gasteiger partial charge in [0.2, 0.25) is 11.8 Å². The molecule has 3 heterocycles. The molecule has 0 fully saturated rings. The lowest BCUT2D eigenvalue weighted by molar-refractivity contribution is 0.321. The largest absolute Gasteiger partial charge is 0.438 e. The normalized spacial score (nSPS) is 11.8. The second-order valence-electron chi connectivity index (χ2n) is 9.65. The fraction of sp³-hybridized carbons (Fsp3) is 0.258. The Morgan fingerprint density at radius 3 is 1.92 bits per heavy atom. The third-order valence-electron chi connectivity index (χ3n) is 7.07. The van der Waals surface area contributed by atoms with Gasteiger partial charge in [0, 0.05) is 11.1 Å². The molecule has 8 heteroatoms. The quantitative estimate of drug-likeness (QED) is 0.188. The molecule has 8 nitrogen and oxygen atoms in total. The molecule has 0 aliphatic rings. The number of para-hydroxylation sites is 4. The average molecular weight is 519 g/mol. The van der Waals surface area contributed by atoms with Crippen molar-refractivity contribution in [1.82, 2.24) is 25.4 Å². The van der Waals surface area contributed by atoms with Crippen molar-refractivity contribution in [2.24, 2.45) is 0 Å². The zero-order valence-electron chi connectivity index (χ0n) is 22.1. The molecule has 3 aromatic carbocycles. The minimum absolute atomic E-state index is 0.480. The number of oxazole rings is 2. The first-order valence-electron chi connectivity index (χ1n) is 13.5. The van der Waals surface area contributed by atoms with Crippen molar-refractivity contribution in [1.29, 1.82) is 0 Å². The highest BCUT2D eigenvalue weighted by atomic mass is 16.4. The number of nitrogens with one attached hydrogen (secondary N) is 1. The Morgan fingerprint density at radius 1 is 0.718 bits per heavy atom. The van der Waals surface area contributed by atoms with E-state index < -0.39 is 5.54 Å². The van der Waals surface area contributed by atoms with Gasteiger partial charge in [-0.2, -0.15) is 0 Å². The van der Waals surface area contributed by atoms with Gasteiger partial charge in [-0.25, -0.2) is 9.97 Å². The van der Waals surface area contributed by atoms with Crippen LogP contribution in [-0.2, 0) is 12.0 Å². The fourth-order valence-electron chi connectivity index (χ4n) is 5.03. The third kappa shape index (κ3) is 4.63. The molecule has 0 aliphatic carbocycles. The summed E-state index contributed by atoms with van der Waals surface area (Å²) in [5.41, 5.74) is 4.63. The van der Waals surface area contributed by atoms with E-state index in [0.29, 0.717) is 41.6 Å². The van der Waals surface area contributed by atoms with Crippen molar-refractivity contribution in [2.45, 2.75) is 51.5 Å². The van der Waals surface area contributed by atoms with Crippen LogP contribution in [-0.4, -0.2) is 25.4 Å². The van der Waals surface area contributed by atoms with Crippen molar-refractivity contribution >= 4 is 28.0 Å². The third-order valence-corrected chi connectivity index (χ3v) is 7.07. The van der Waals surface area contributed by atoms with Crippen molar-refractivity contribution < 1.29 is 8.83 Å². The summed E-state index contributed by atoms with van der Waals surface area (Å²) in [5, 5.41) is 16.8. The number of nitrogens with zero attached hydrogens (tertiary/aromatic N) is 5. The van der Waals surface area contributed by atoms with Crippen LogP contribution in [0.4, 0.5) is 5.82 Å². The second-order valence-corrected chi connectivity index (χ2v) is 9.65. The summed E-state index contributed by atoms with van der Waals surface area (Å²) in [6.45, 7) is 4.28. The molecule has 0 unspecified atom stereocenters. The number of fused-ring (bicyclic) bond motifs is 2. The first-order valence-corrected chi connectivity index (χ1v) is 13.5. The first kappa shape index (κ1) is 24.7. The molecule has 39 heavy (non-hydrogen) atoms. The van der Waals surface area contributed by atoms with Crippen LogP contribution in [0.5, 0.6) is 0 Å². The van der Waals surface area contributed by atoms with E-state index in [1.54, 1.807) is 0 Å². The van der Waals surface area contributed by atoms with Gasteiger partial charge in [-0.05, 0) is 42.3 Å². The highest BCUT2D eigenvalue weighted by Gasteiger charge is 2.45. The van der Waals surface area contributed by atoms with Gasteiger partial charge in [-0.15, -0.1) is 10.2 Å². The Labute approximate surface area is 226 Å². The van der Waals surface area contributed by atoms with Crippen LogP contribution in [0.2, 0.25) is 0 Å². The molecule has 196 valence electrons. The summed E-state index contributed by atoms with van der Waals surface area (Å²) in [5.74, 6) is 1.56. The number of aromatic nitrogens is 5. The van der Waals surface area contributed by atoms with Gasteiger partial charge in [0.25, 0.3) is 0 Å². The van der Waals surface area contributed by atoms with E-state index in [0.717, 1.165) is 47.1 Å². The monoisotopic (exact) mass is 518 g/mol. The van der Waals surface area contributed by atoms with Crippen LogP contribution in [0.15, 0.2) is 87.7 Å². The smallest absolute Gasteiger partial charge is 0.230 e. The van der Waals surface area contributed by atoms with E-state index in [-0.39, 0.29) is 0 Å². The van der Waals surface area contributed by atoms with Gasteiger partial charge >= 0.3 is 0 Å². The van der Waals surface area contributed by atoms with Crippen LogP contribution in [0.1, 0.15) is 56.9 Å². The van der Waals surface area contributed by atoms with Crippen molar-refractivity contribution in [3.63, 3.8) is 0 Å². The number of hydrogen-bond donors (Lipinski definition) is 1. The van der Waals surface area contributed by atoms with E-state index in [4.69, 9.17) is 18.8 Å². The van der Waals surface area contributed by atoms with Crippen LogP contribution < -0.4 is 5.32 Å². The number of unbranched alkanes of at least 4 members (excludes halogenated alkanes) is 2. The fourth-order valence-corrected chi connectivity index (χ4v) is 5.03. The highest BCUT2D eigenvalue weighted by Crippen LogP contribution is 2.41. The predicted octanol–water partition coefficient (Wildman–Crippen LogP) is 7.32. The highest BCUT2D eigenvalue weighted by molar-refractivity contribution is 5.75. The maximum atomic E-state index is 6.44. The minimum atomic E-state index is -1.03. The molecular formula is C31H30N6O2. The molecule has 0 amide bonds. The molecule has 3 aromatic heterocycles. The van der Waals surface area contributed by atoms with Gasteiger partial charge in [0.1, 0.15) is 16.7 Å². The molecule has 0 saturated heterocycles. The zero-order chi connectivity index (χ0) is 26.7. The predicted molar refractivity (Wildman–Crippen MR) is 151 cm³/mol.